The molecule has 6 nitrogen and oxygen atoms in total. The van der Waals surface area contributed by atoms with Gasteiger partial charge in [0.15, 0.2) is 9.84 Å². The van der Waals surface area contributed by atoms with Gasteiger partial charge in [0, 0.05) is 5.56 Å². The van der Waals surface area contributed by atoms with Crippen LogP contribution in [0.1, 0.15) is 23.9 Å². The second-order valence-corrected chi connectivity index (χ2v) is 8.01. The Balaban J connectivity index is 0.00000196. The van der Waals surface area contributed by atoms with E-state index in [-0.39, 0.29) is 24.2 Å². The normalized spacial score (nSPS) is 16.5. The molecular weight excluding hydrogens is 374 g/mol. The van der Waals surface area contributed by atoms with Crippen LogP contribution in [0.15, 0.2) is 64.0 Å². The average Bonchev–Trinajstić information content (AvgIpc) is 3.04. The Morgan fingerprint density at radius 1 is 1.08 bits per heavy atom. The lowest BCUT2D eigenvalue weighted by Crippen LogP contribution is -2.35. The second kappa shape index (κ2) is 7.57. The Hall–Kier alpha value is -2.22. The number of rotatable bonds is 5. The molecule has 1 saturated heterocycles. The molecule has 0 saturated carbocycles. The lowest BCUT2D eigenvalue weighted by Gasteiger charge is -2.23. The molecular formula is C18H18ClN3O3S. The van der Waals surface area contributed by atoms with Crippen molar-refractivity contribution in [2.75, 3.05) is 6.54 Å². The van der Waals surface area contributed by atoms with E-state index < -0.39 is 9.84 Å². The van der Waals surface area contributed by atoms with Crippen molar-refractivity contribution < 1.29 is 12.9 Å². The molecule has 3 aromatic rings. The molecule has 1 unspecified atom stereocenters. The van der Waals surface area contributed by atoms with Crippen molar-refractivity contribution in [2.24, 2.45) is 0 Å². The van der Waals surface area contributed by atoms with E-state index in [1.165, 1.54) is 0 Å². The number of hydrogen-bond donors (Lipinski definition) is 1. The minimum atomic E-state index is -3.35. The zero-order valence-electron chi connectivity index (χ0n) is 13.8. The number of nitrogens with zero attached hydrogens (tertiary/aromatic N) is 2. The maximum Gasteiger partial charge on any atom is 0.244 e. The van der Waals surface area contributed by atoms with Gasteiger partial charge >= 0.3 is 0 Å². The van der Waals surface area contributed by atoms with Gasteiger partial charge in [-0.25, -0.2) is 8.42 Å². The fourth-order valence-corrected chi connectivity index (χ4v) is 4.04. The molecule has 0 spiro atoms. The van der Waals surface area contributed by atoms with E-state index in [0.29, 0.717) is 16.6 Å². The van der Waals surface area contributed by atoms with Gasteiger partial charge in [-0.15, -0.1) is 12.4 Å². The lowest BCUT2D eigenvalue weighted by atomic mass is 10.1. The van der Waals surface area contributed by atoms with Gasteiger partial charge < -0.3 is 9.84 Å². The largest absolute Gasteiger partial charge is 0.337 e. The summed E-state index contributed by atoms with van der Waals surface area (Å²) in [7, 11) is -3.35. The first-order chi connectivity index (χ1) is 12.1. The summed E-state index contributed by atoms with van der Waals surface area (Å²) in [5.41, 5.74) is 1.52. The Morgan fingerprint density at radius 2 is 1.77 bits per heavy atom. The molecule has 0 amide bonds. The van der Waals surface area contributed by atoms with Crippen LogP contribution in [0.4, 0.5) is 0 Å². The second-order valence-electron chi connectivity index (χ2n) is 6.02. The van der Waals surface area contributed by atoms with Crippen molar-refractivity contribution in [1.29, 1.82) is 0 Å². The van der Waals surface area contributed by atoms with Gasteiger partial charge in [-0.3, -0.25) is 0 Å². The minimum absolute atomic E-state index is 0. The topological polar surface area (TPSA) is 85.1 Å². The van der Waals surface area contributed by atoms with E-state index >= 15 is 0 Å². The van der Waals surface area contributed by atoms with E-state index in [9.17, 15) is 8.42 Å². The van der Waals surface area contributed by atoms with Crippen molar-refractivity contribution in [3.63, 3.8) is 0 Å². The summed E-state index contributed by atoms with van der Waals surface area (Å²) in [6.07, 6.45) is 0.998. The standard InChI is InChI=1S/C18H17N3O3S.ClH/c22-25(23,15-4-2-1-3-5-15)12-13-6-8-14(9-7-13)17-20-18(24-21-17)16-10-11-19-16;/h1-9,16,19H,10-12H2;1H. The Bertz CT molecular complexity index is 968. The van der Waals surface area contributed by atoms with E-state index in [4.69, 9.17) is 4.52 Å². The molecule has 1 aromatic heterocycles. The number of halogens is 1. The molecule has 8 heteroatoms. The summed E-state index contributed by atoms with van der Waals surface area (Å²) in [5.74, 6) is 1.07. The molecule has 1 aliphatic rings. The molecule has 1 N–H and O–H groups in total. The monoisotopic (exact) mass is 391 g/mol. The first kappa shape index (κ1) is 18.6. The molecule has 1 atom stereocenters. The van der Waals surface area contributed by atoms with Crippen molar-refractivity contribution in [2.45, 2.75) is 23.1 Å². The van der Waals surface area contributed by atoms with E-state index in [0.717, 1.165) is 24.1 Å². The summed E-state index contributed by atoms with van der Waals surface area (Å²) in [4.78, 5) is 4.72. The van der Waals surface area contributed by atoms with Crippen LogP contribution in [-0.2, 0) is 15.6 Å². The molecule has 0 bridgehead atoms. The molecule has 2 aromatic carbocycles. The third-order valence-electron chi connectivity index (χ3n) is 4.23. The maximum atomic E-state index is 12.4. The Kier molecular flexibility index (Phi) is 5.41. The molecule has 0 radical (unpaired) electrons. The first-order valence-electron chi connectivity index (χ1n) is 8.06. The first-order valence-corrected chi connectivity index (χ1v) is 9.71. The van der Waals surface area contributed by atoms with Gasteiger partial charge in [0.2, 0.25) is 11.7 Å². The summed E-state index contributed by atoms with van der Waals surface area (Å²) in [5, 5.41) is 7.21. The fourth-order valence-electron chi connectivity index (χ4n) is 2.67. The minimum Gasteiger partial charge on any atom is -0.337 e. The van der Waals surface area contributed by atoms with Gasteiger partial charge in [0.1, 0.15) is 0 Å². The summed E-state index contributed by atoms with van der Waals surface area (Å²) in [6, 6.07) is 15.8. The van der Waals surface area contributed by atoms with Crippen LogP contribution in [0, 0.1) is 0 Å². The third-order valence-corrected chi connectivity index (χ3v) is 5.94. The number of sulfone groups is 1. The number of benzene rings is 2. The van der Waals surface area contributed by atoms with Crippen LogP contribution >= 0.6 is 12.4 Å². The molecule has 1 fully saturated rings. The average molecular weight is 392 g/mol. The van der Waals surface area contributed by atoms with Crippen LogP contribution in [0.25, 0.3) is 11.4 Å². The van der Waals surface area contributed by atoms with Gasteiger partial charge in [-0.2, -0.15) is 4.98 Å². The highest BCUT2D eigenvalue weighted by atomic mass is 35.5. The smallest absolute Gasteiger partial charge is 0.244 e. The number of aromatic nitrogens is 2. The Labute approximate surface area is 158 Å². The van der Waals surface area contributed by atoms with E-state index in [2.05, 4.69) is 15.5 Å². The fraction of sp³-hybridized carbons (Fsp3) is 0.222. The molecule has 136 valence electrons. The van der Waals surface area contributed by atoms with Crippen molar-refractivity contribution >= 4 is 22.2 Å². The van der Waals surface area contributed by atoms with E-state index in [1.54, 1.807) is 42.5 Å². The maximum absolute atomic E-state index is 12.4. The van der Waals surface area contributed by atoms with Crippen molar-refractivity contribution in [1.82, 2.24) is 15.5 Å². The summed E-state index contributed by atoms with van der Waals surface area (Å²) >= 11 is 0. The van der Waals surface area contributed by atoms with Gasteiger partial charge in [0.25, 0.3) is 0 Å². The molecule has 2 heterocycles. The molecule has 1 aliphatic heterocycles. The quantitative estimate of drug-likeness (QED) is 0.719. The number of nitrogens with one attached hydrogen (secondary N) is 1. The van der Waals surface area contributed by atoms with Gasteiger partial charge in [-0.05, 0) is 30.7 Å². The highest BCUT2D eigenvalue weighted by Gasteiger charge is 2.25. The third kappa shape index (κ3) is 3.80. The molecule has 0 aliphatic carbocycles. The summed E-state index contributed by atoms with van der Waals surface area (Å²) in [6.45, 7) is 0.965. The van der Waals surface area contributed by atoms with E-state index in [1.807, 2.05) is 12.1 Å². The van der Waals surface area contributed by atoms with Crippen LogP contribution in [-0.4, -0.2) is 25.1 Å². The van der Waals surface area contributed by atoms with Gasteiger partial charge in [-0.1, -0.05) is 47.6 Å². The predicted molar refractivity (Wildman–Crippen MR) is 99.7 cm³/mol. The zero-order chi connectivity index (χ0) is 17.3. The molecule has 26 heavy (non-hydrogen) atoms. The molecule has 4 rings (SSSR count). The van der Waals surface area contributed by atoms with Gasteiger partial charge in [0.05, 0.1) is 16.7 Å². The summed E-state index contributed by atoms with van der Waals surface area (Å²) < 4.78 is 30.1. The zero-order valence-corrected chi connectivity index (χ0v) is 15.5. The van der Waals surface area contributed by atoms with Crippen LogP contribution in [0.2, 0.25) is 0 Å². The van der Waals surface area contributed by atoms with Crippen LogP contribution in [0.5, 0.6) is 0 Å². The lowest BCUT2D eigenvalue weighted by molar-refractivity contribution is 0.273. The van der Waals surface area contributed by atoms with Crippen molar-refractivity contribution in [3.8, 4) is 11.4 Å². The Morgan fingerprint density at radius 3 is 2.38 bits per heavy atom. The predicted octanol–water partition coefficient (Wildman–Crippen LogP) is 3.17. The SMILES string of the molecule is Cl.O=S(=O)(Cc1ccc(-c2noc(C3CCN3)n2)cc1)c1ccccc1. The van der Waals surface area contributed by atoms with Crippen LogP contribution in [0.3, 0.4) is 0 Å². The van der Waals surface area contributed by atoms with Crippen LogP contribution < -0.4 is 5.32 Å². The van der Waals surface area contributed by atoms with Crippen molar-refractivity contribution in [3.05, 3.63) is 66.1 Å². The highest BCUT2D eigenvalue weighted by Crippen LogP contribution is 2.25. The number of hydrogen-bond acceptors (Lipinski definition) is 6. The highest BCUT2D eigenvalue weighted by molar-refractivity contribution is 7.90.